The van der Waals surface area contributed by atoms with Crippen LogP contribution in [0.2, 0.25) is 0 Å². The van der Waals surface area contributed by atoms with Gasteiger partial charge in [-0.2, -0.15) is 4.99 Å². The molecule has 1 heterocycles. The van der Waals surface area contributed by atoms with Crippen molar-refractivity contribution in [3.63, 3.8) is 0 Å². The Morgan fingerprint density at radius 2 is 2.08 bits per heavy atom. The van der Waals surface area contributed by atoms with E-state index in [1.165, 1.54) is 41.6 Å². The van der Waals surface area contributed by atoms with Crippen LogP contribution in [-0.4, -0.2) is 10.5 Å². The molecule has 0 aliphatic heterocycles. The van der Waals surface area contributed by atoms with Crippen molar-refractivity contribution >= 4 is 33.2 Å². The number of thiazole rings is 1. The second-order valence-electron chi connectivity index (χ2n) is 7.64. The summed E-state index contributed by atoms with van der Waals surface area (Å²) in [5, 5.41) is 0. The Bertz CT molecular complexity index is 888. The van der Waals surface area contributed by atoms with Gasteiger partial charge in [0.05, 0.1) is 5.56 Å². The fraction of sp³-hybridized carbons (Fsp3) is 0.474. The van der Waals surface area contributed by atoms with Crippen molar-refractivity contribution in [3.05, 3.63) is 49.4 Å². The van der Waals surface area contributed by atoms with Gasteiger partial charge in [-0.3, -0.25) is 4.79 Å². The summed E-state index contributed by atoms with van der Waals surface area (Å²) in [5.41, 5.74) is 1.57. The first-order valence-corrected chi connectivity index (χ1v) is 10.0. The number of carbonyl (C=O) groups is 1. The molecular formula is C19H22BrFN2OS. The van der Waals surface area contributed by atoms with Gasteiger partial charge < -0.3 is 4.57 Å². The van der Waals surface area contributed by atoms with Crippen LogP contribution >= 0.6 is 27.3 Å². The minimum absolute atomic E-state index is 0.00727. The van der Waals surface area contributed by atoms with Gasteiger partial charge in [0, 0.05) is 21.6 Å². The van der Waals surface area contributed by atoms with E-state index in [1.54, 1.807) is 11.3 Å². The Balaban J connectivity index is 2.07. The zero-order chi connectivity index (χ0) is 18.4. The number of aromatic nitrogens is 1. The molecule has 0 radical (unpaired) electrons. The lowest BCUT2D eigenvalue weighted by atomic mass is 9.93. The van der Waals surface area contributed by atoms with E-state index in [2.05, 4.69) is 53.2 Å². The number of halogens is 2. The zero-order valence-electron chi connectivity index (χ0n) is 14.9. The summed E-state index contributed by atoms with van der Waals surface area (Å²) in [6.07, 6.45) is 2.48. The van der Waals surface area contributed by atoms with Crippen LogP contribution in [-0.2, 0) is 12.0 Å². The van der Waals surface area contributed by atoms with Gasteiger partial charge in [0.25, 0.3) is 5.91 Å². The van der Waals surface area contributed by atoms with Crippen LogP contribution in [0.4, 0.5) is 4.39 Å². The second-order valence-corrected chi connectivity index (χ2v) is 9.48. The summed E-state index contributed by atoms with van der Waals surface area (Å²) < 4.78 is 15.9. The van der Waals surface area contributed by atoms with Gasteiger partial charge >= 0.3 is 0 Å². The maximum absolute atomic E-state index is 13.3. The molecule has 1 fully saturated rings. The van der Waals surface area contributed by atoms with Gasteiger partial charge in [-0.25, -0.2) is 4.39 Å². The molecule has 2 aromatic rings. The highest BCUT2D eigenvalue weighted by molar-refractivity contribution is 9.10. The van der Waals surface area contributed by atoms with Crippen molar-refractivity contribution in [2.75, 3.05) is 0 Å². The van der Waals surface area contributed by atoms with Gasteiger partial charge in [0.15, 0.2) is 4.80 Å². The van der Waals surface area contributed by atoms with E-state index in [-0.39, 0.29) is 17.1 Å². The zero-order valence-corrected chi connectivity index (χ0v) is 17.3. The molecule has 0 atom stereocenters. The molecule has 1 aliphatic rings. The summed E-state index contributed by atoms with van der Waals surface area (Å²) in [6.45, 7) is 9.55. The fourth-order valence-corrected chi connectivity index (χ4v) is 4.57. The molecule has 3 nitrogen and oxygen atoms in total. The quantitative estimate of drug-likeness (QED) is 0.665. The Labute approximate surface area is 159 Å². The van der Waals surface area contributed by atoms with Crippen molar-refractivity contribution in [2.45, 2.75) is 52.5 Å². The minimum atomic E-state index is -0.380. The van der Waals surface area contributed by atoms with Crippen LogP contribution in [0.25, 0.3) is 0 Å². The largest absolute Gasteiger partial charge is 0.320 e. The van der Waals surface area contributed by atoms with Crippen molar-refractivity contribution < 1.29 is 9.18 Å². The maximum atomic E-state index is 13.3. The van der Waals surface area contributed by atoms with E-state index in [1.807, 2.05) is 0 Å². The first-order chi connectivity index (χ1) is 11.7. The maximum Gasteiger partial charge on any atom is 0.280 e. The van der Waals surface area contributed by atoms with E-state index >= 15 is 0 Å². The Hall–Kier alpha value is -1.27. The average molecular weight is 425 g/mol. The van der Waals surface area contributed by atoms with Crippen molar-refractivity contribution in [1.82, 2.24) is 4.57 Å². The third-order valence-electron chi connectivity index (χ3n) is 4.34. The summed E-state index contributed by atoms with van der Waals surface area (Å²) in [6, 6.07) is 4.05. The number of hydrogen-bond acceptors (Lipinski definition) is 2. The van der Waals surface area contributed by atoms with Gasteiger partial charge in [-0.15, -0.1) is 11.3 Å². The van der Waals surface area contributed by atoms with Crippen molar-refractivity contribution in [1.29, 1.82) is 0 Å². The lowest BCUT2D eigenvalue weighted by Crippen LogP contribution is -2.20. The Morgan fingerprint density at radius 1 is 1.40 bits per heavy atom. The average Bonchev–Trinajstić information content (AvgIpc) is 3.25. The molecule has 1 saturated carbocycles. The predicted octanol–water partition coefficient (Wildman–Crippen LogP) is 5.21. The molecule has 1 aromatic heterocycles. The molecule has 0 N–H and O–H groups in total. The lowest BCUT2D eigenvalue weighted by Gasteiger charge is -2.17. The summed E-state index contributed by atoms with van der Waals surface area (Å²) in [7, 11) is 0. The van der Waals surface area contributed by atoms with E-state index in [9.17, 15) is 9.18 Å². The first-order valence-electron chi connectivity index (χ1n) is 8.41. The fourth-order valence-electron chi connectivity index (χ4n) is 2.85. The monoisotopic (exact) mass is 424 g/mol. The highest BCUT2D eigenvalue weighted by Gasteiger charge is 2.27. The van der Waals surface area contributed by atoms with Gasteiger partial charge in [-0.1, -0.05) is 20.8 Å². The number of nitrogens with zero attached hydrogens (tertiary/aromatic N) is 2. The molecule has 25 heavy (non-hydrogen) atoms. The van der Waals surface area contributed by atoms with Crippen LogP contribution in [0.15, 0.2) is 27.7 Å². The number of amides is 1. The molecule has 0 saturated heterocycles. The normalized spacial score (nSPS) is 15.7. The molecule has 1 aliphatic carbocycles. The lowest BCUT2D eigenvalue weighted by molar-refractivity contribution is 0.0997. The molecular weight excluding hydrogens is 403 g/mol. The highest BCUT2D eigenvalue weighted by Crippen LogP contribution is 2.33. The Morgan fingerprint density at radius 3 is 2.64 bits per heavy atom. The predicted molar refractivity (Wildman–Crippen MR) is 102 cm³/mol. The minimum Gasteiger partial charge on any atom is -0.320 e. The summed E-state index contributed by atoms with van der Waals surface area (Å²) in [4.78, 5) is 19.0. The molecule has 6 heteroatoms. The SMILES string of the molecule is Cc1c(C(C)(C)C)s/c(=N\C(=O)c2ccc(F)cc2Br)n1CC1CC1. The van der Waals surface area contributed by atoms with E-state index < -0.39 is 0 Å². The first kappa shape index (κ1) is 18.5. The number of benzene rings is 1. The van der Waals surface area contributed by atoms with Crippen molar-refractivity contribution in [3.8, 4) is 0 Å². The molecule has 0 unspecified atom stereocenters. The number of hydrogen-bond donors (Lipinski definition) is 0. The molecule has 1 amide bonds. The number of rotatable bonds is 3. The van der Waals surface area contributed by atoms with Crippen LogP contribution in [0.5, 0.6) is 0 Å². The standard InChI is InChI=1S/C19H22BrFN2OS/c1-11-16(19(2,3)4)25-18(23(11)10-12-5-6-12)22-17(24)14-8-7-13(21)9-15(14)20/h7-9,12H,5-6,10H2,1-4H3/b22-18-. The van der Waals surface area contributed by atoms with Crippen LogP contribution in [0, 0.1) is 18.7 Å². The topological polar surface area (TPSA) is 34.4 Å². The number of carbonyl (C=O) groups excluding carboxylic acids is 1. The van der Waals surface area contributed by atoms with Gasteiger partial charge in [-0.05, 0) is 65.2 Å². The van der Waals surface area contributed by atoms with Gasteiger partial charge in [0.2, 0.25) is 0 Å². The smallest absolute Gasteiger partial charge is 0.280 e. The molecule has 134 valence electrons. The highest BCUT2D eigenvalue weighted by atomic mass is 79.9. The summed E-state index contributed by atoms with van der Waals surface area (Å²) >= 11 is 4.84. The second kappa shape index (κ2) is 6.80. The van der Waals surface area contributed by atoms with E-state index in [0.29, 0.717) is 16.0 Å². The van der Waals surface area contributed by atoms with E-state index in [0.717, 1.165) is 11.3 Å². The molecule has 0 spiro atoms. The third-order valence-corrected chi connectivity index (χ3v) is 6.60. The van der Waals surface area contributed by atoms with Crippen LogP contribution < -0.4 is 4.80 Å². The van der Waals surface area contributed by atoms with Crippen molar-refractivity contribution in [2.24, 2.45) is 10.9 Å². The van der Waals surface area contributed by atoms with E-state index in [4.69, 9.17) is 0 Å². The molecule has 0 bridgehead atoms. The third kappa shape index (κ3) is 4.11. The Kier molecular flexibility index (Phi) is 5.04. The van der Waals surface area contributed by atoms with Crippen LogP contribution in [0.3, 0.4) is 0 Å². The van der Waals surface area contributed by atoms with Gasteiger partial charge in [0.1, 0.15) is 5.82 Å². The summed E-state index contributed by atoms with van der Waals surface area (Å²) in [5.74, 6) is -0.0416. The molecule has 1 aromatic carbocycles. The van der Waals surface area contributed by atoms with Crippen LogP contribution in [0.1, 0.15) is 54.5 Å². The molecule has 3 rings (SSSR count).